The molecule has 0 amide bonds. The second-order valence-electron chi connectivity index (χ2n) is 5.31. The van der Waals surface area contributed by atoms with E-state index >= 15 is 0 Å². The first-order valence-corrected chi connectivity index (χ1v) is 7.17. The van der Waals surface area contributed by atoms with Gasteiger partial charge >= 0.3 is 0 Å². The molecule has 106 valence electrons. The lowest BCUT2D eigenvalue weighted by Crippen LogP contribution is -2.05. The van der Waals surface area contributed by atoms with Crippen molar-refractivity contribution in [3.05, 3.63) is 41.2 Å². The van der Waals surface area contributed by atoms with Crippen molar-refractivity contribution in [1.29, 1.82) is 0 Å². The first-order chi connectivity index (χ1) is 9.67. The molecule has 0 unspecified atom stereocenters. The Bertz CT molecular complexity index is 570. The summed E-state index contributed by atoms with van der Waals surface area (Å²) in [6, 6.07) is 8.33. The highest BCUT2D eigenvalue weighted by molar-refractivity contribution is 5.73. The molecule has 0 fully saturated rings. The minimum absolute atomic E-state index is 0.199. The van der Waals surface area contributed by atoms with Crippen LogP contribution in [0.15, 0.2) is 24.3 Å². The van der Waals surface area contributed by atoms with Crippen LogP contribution >= 0.6 is 0 Å². The van der Waals surface area contributed by atoms with Crippen molar-refractivity contribution in [3.63, 3.8) is 0 Å². The van der Waals surface area contributed by atoms with Gasteiger partial charge in [-0.25, -0.2) is 4.68 Å². The first-order valence-electron chi connectivity index (χ1n) is 7.17. The molecule has 1 heterocycles. The molecule has 1 aromatic heterocycles. The Balaban J connectivity index is 2.32. The summed E-state index contributed by atoms with van der Waals surface area (Å²) in [7, 11) is 0. The largest absolute Gasteiger partial charge is 0.296 e. The fourth-order valence-corrected chi connectivity index (χ4v) is 2.30. The van der Waals surface area contributed by atoms with E-state index in [1.54, 1.807) is 4.68 Å². The third-order valence-electron chi connectivity index (χ3n) is 3.39. The van der Waals surface area contributed by atoms with Crippen LogP contribution in [0.3, 0.4) is 0 Å². The Morgan fingerprint density at radius 2 is 1.95 bits per heavy atom. The van der Waals surface area contributed by atoms with Crippen LogP contribution in [0, 0.1) is 0 Å². The van der Waals surface area contributed by atoms with Crippen LogP contribution in [-0.2, 0) is 6.42 Å². The molecule has 0 saturated carbocycles. The molecule has 4 heteroatoms. The van der Waals surface area contributed by atoms with E-state index in [0.29, 0.717) is 5.69 Å². The maximum absolute atomic E-state index is 11.0. The average molecular weight is 271 g/mol. The molecule has 0 spiro atoms. The summed E-state index contributed by atoms with van der Waals surface area (Å²) in [5, 5.41) is 8.05. The monoisotopic (exact) mass is 271 g/mol. The quantitative estimate of drug-likeness (QED) is 0.755. The van der Waals surface area contributed by atoms with Crippen LogP contribution in [-0.4, -0.2) is 21.3 Å². The van der Waals surface area contributed by atoms with Gasteiger partial charge in [0, 0.05) is 0 Å². The predicted octanol–water partition coefficient (Wildman–Crippen LogP) is 3.55. The van der Waals surface area contributed by atoms with Gasteiger partial charge in [0.2, 0.25) is 0 Å². The molecule has 4 nitrogen and oxygen atoms in total. The topological polar surface area (TPSA) is 47.8 Å². The van der Waals surface area contributed by atoms with Crippen molar-refractivity contribution in [3.8, 4) is 5.69 Å². The standard InChI is InChI=1S/C16H21N3O/c1-4-5-6-13-7-9-14(10-8-13)19-16(12(2)3)15(11-20)17-18-19/h7-12H,4-6H2,1-3H3. The second-order valence-corrected chi connectivity index (χ2v) is 5.31. The molecule has 2 aromatic rings. The van der Waals surface area contributed by atoms with E-state index in [1.165, 1.54) is 18.4 Å². The van der Waals surface area contributed by atoms with Gasteiger partial charge in [0.25, 0.3) is 0 Å². The van der Waals surface area contributed by atoms with Crippen molar-refractivity contribution < 1.29 is 4.79 Å². The zero-order chi connectivity index (χ0) is 14.5. The molecule has 0 atom stereocenters. The lowest BCUT2D eigenvalue weighted by Gasteiger charge is -2.10. The highest BCUT2D eigenvalue weighted by atomic mass is 16.1. The number of aryl methyl sites for hydroxylation is 1. The Kier molecular flexibility index (Phi) is 4.66. The third kappa shape index (κ3) is 2.95. The van der Waals surface area contributed by atoms with E-state index in [4.69, 9.17) is 0 Å². The molecule has 2 rings (SSSR count). The van der Waals surface area contributed by atoms with Crippen molar-refractivity contribution in [2.75, 3.05) is 0 Å². The van der Waals surface area contributed by atoms with Crippen molar-refractivity contribution in [2.45, 2.75) is 46.0 Å². The summed E-state index contributed by atoms with van der Waals surface area (Å²) in [4.78, 5) is 11.0. The molecule has 0 aliphatic rings. The fourth-order valence-electron chi connectivity index (χ4n) is 2.30. The van der Waals surface area contributed by atoms with Crippen molar-refractivity contribution >= 4 is 6.29 Å². The van der Waals surface area contributed by atoms with Gasteiger partial charge in [0.15, 0.2) is 6.29 Å². The number of hydrogen-bond acceptors (Lipinski definition) is 3. The number of benzene rings is 1. The normalized spacial score (nSPS) is 11.0. The van der Waals surface area contributed by atoms with Gasteiger partial charge in [-0.1, -0.05) is 44.5 Å². The first kappa shape index (κ1) is 14.4. The Morgan fingerprint density at radius 1 is 1.25 bits per heavy atom. The van der Waals surface area contributed by atoms with Crippen LogP contribution in [0.1, 0.15) is 61.3 Å². The summed E-state index contributed by atoms with van der Waals surface area (Å²) in [5.41, 5.74) is 3.57. The van der Waals surface area contributed by atoms with Crippen LogP contribution in [0.5, 0.6) is 0 Å². The Morgan fingerprint density at radius 3 is 2.50 bits per heavy atom. The summed E-state index contributed by atoms with van der Waals surface area (Å²) >= 11 is 0. The van der Waals surface area contributed by atoms with Crippen LogP contribution in [0.25, 0.3) is 5.69 Å². The van der Waals surface area contributed by atoms with Gasteiger partial charge in [-0.15, -0.1) is 5.10 Å². The number of rotatable bonds is 6. The van der Waals surface area contributed by atoms with Gasteiger partial charge in [-0.2, -0.15) is 0 Å². The predicted molar refractivity (Wildman–Crippen MR) is 79.4 cm³/mol. The average Bonchev–Trinajstić information content (AvgIpc) is 2.89. The lowest BCUT2D eigenvalue weighted by atomic mass is 10.1. The van der Waals surface area contributed by atoms with E-state index in [2.05, 4.69) is 29.4 Å². The molecule has 0 saturated heterocycles. The number of aldehydes is 1. The van der Waals surface area contributed by atoms with Gasteiger partial charge in [0.1, 0.15) is 5.69 Å². The molecule has 1 aromatic carbocycles. The smallest absolute Gasteiger partial charge is 0.172 e. The molecular weight excluding hydrogens is 250 g/mol. The highest BCUT2D eigenvalue weighted by Gasteiger charge is 2.16. The molecule has 0 aliphatic carbocycles. The summed E-state index contributed by atoms with van der Waals surface area (Å²) < 4.78 is 1.76. The summed E-state index contributed by atoms with van der Waals surface area (Å²) in [6.07, 6.45) is 4.28. The molecule has 0 aliphatic heterocycles. The Hall–Kier alpha value is -1.97. The SMILES string of the molecule is CCCCc1ccc(-n2nnc(C=O)c2C(C)C)cc1. The van der Waals surface area contributed by atoms with Gasteiger partial charge in [0.05, 0.1) is 11.4 Å². The summed E-state index contributed by atoms with van der Waals surface area (Å²) in [5.74, 6) is 0.199. The van der Waals surface area contributed by atoms with E-state index in [1.807, 2.05) is 26.0 Å². The van der Waals surface area contributed by atoms with Gasteiger partial charge < -0.3 is 0 Å². The van der Waals surface area contributed by atoms with Crippen LogP contribution in [0.2, 0.25) is 0 Å². The zero-order valence-corrected chi connectivity index (χ0v) is 12.3. The van der Waals surface area contributed by atoms with Crippen molar-refractivity contribution in [2.24, 2.45) is 0 Å². The van der Waals surface area contributed by atoms with E-state index in [9.17, 15) is 4.79 Å². The van der Waals surface area contributed by atoms with Crippen LogP contribution in [0.4, 0.5) is 0 Å². The second kappa shape index (κ2) is 6.46. The molecular formula is C16H21N3O. The van der Waals surface area contributed by atoms with E-state index in [0.717, 1.165) is 24.1 Å². The van der Waals surface area contributed by atoms with Crippen LogP contribution < -0.4 is 0 Å². The summed E-state index contributed by atoms with van der Waals surface area (Å²) in [6.45, 7) is 6.27. The zero-order valence-electron chi connectivity index (χ0n) is 12.3. The third-order valence-corrected chi connectivity index (χ3v) is 3.39. The minimum atomic E-state index is 0.199. The minimum Gasteiger partial charge on any atom is -0.296 e. The molecule has 0 radical (unpaired) electrons. The highest BCUT2D eigenvalue weighted by Crippen LogP contribution is 2.21. The molecule has 20 heavy (non-hydrogen) atoms. The molecule has 0 bridgehead atoms. The van der Waals surface area contributed by atoms with Gasteiger partial charge in [-0.3, -0.25) is 4.79 Å². The number of aromatic nitrogens is 3. The lowest BCUT2D eigenvalue weighted by molar-refractivity contribution is 0.111. The number of unbranched alkanes of at least 4 members (excludes halogenated alkanes) is 1. The Labute approximate surface area is 119 Å². The molecule has 0 N–H and O–H groups in total. The number of carbonyl (C=O) groups excluding carboxylic acids is 1. The number of carbonyl (C=O) groups is 1. The van der Waals surface area contributed by atoms with E-state index in [-0.39, 0.29) is 5.92 Å². The number of nitrogens with zero attached hydrogens (tertiary/aromatic N) is 3. The van der Waals surface area contributed by atoms with Crippen molar-refractivity contribution in [1.82, 2.24) is 15.0 Å². The van der Waals surface area contributed by atoms with Gasteiger partial charge in [-0.05, 0) is 36.5 Å². The maximum atomic E-state index is 11.0. The van der Waals surface area contributed by atoms with E-state index < -0.39 is 0 Å². The fraction of sp³-hybridized carbons (Fsp3) is 0.438. The maximum Gasteiger partial charge on any atom is 0.172 e. The number of hydrogen-bond donors (Lipinski definition) is 0.